The van der Waals surface area contributed by atoms with Gasteiger partial charge in [-0.25, -0.2) is 8.78 Å². The highest BCUT2D eigenvalue weighted by molar-refractivity contribution is 5.91. The fraction of sp³-hybridized carbons (Fsp3) is 0.357. The van der Waals surface area contributed by atoms with Gasteiger partial charge in [0, 0.05) is 18.2 Å². The van der Waals surface area contributed by atoms with Gasteiger partial charge in [-0.15, -0.1) is 0 Å². The Labute approximate surface area is 109 Å². The predicted octanol–water partition coefficient (Wildman–Crippen LogP) is 2.01. The highest BCUT2D eigenvalue weighted by Gasteiger charge is 2.34. The lowest BCUT2D eigenvalue weighted by molar-refractivity contribution is -0.118. The lowest BCUT2D eigenvalue weighted by Gasteiger charge is -2.36. The quantitative estimate of drug-likeness (QED) is 0.820. The first kappa shape index (κ1) is 13.7. The van der Waals surface area contributed by atoms with Crippen molar-refractivity contribution in [1.29, 1.82) is 0 Å². The van der Waals surface area contributed by atoms with Crippen molar-refractivity contribution in [2.75, 3.05) is 6.54 Å². The molecule has 5 heteroatoms. The lowest BCUT2D eigenvalue weighted by Crippen LogP contribution is -2.47. The van der Waals surface area contributed by atoms with Gasteiger partial charge in [0.2, 0.25) is 5.91 Å². The van der Waals surface area contributed by atoms with E-state index >= 15 is 0 Å². The van der Waals surface area contributed by atoms with Gasteiger partial charge in [0.25, 0.3) is 0 Å². The summed E-state index contributed by atoms with van der Waals surface area (Å²) in [6.07, 6.45) is 4.43. The summed E-state index contributed by atoms with van der Waals surface area (Å²) in [5.74, 6) is -1.92. The fourth-order valence-electron chi connectivity index (χ4n) is 1.90. The smallest absolute Gasteiger partial charge is 0.244 e. The minimum absolute atomic E-state index is 0.163. The number of rotatable bonds is 4. The molecule has 1 fully saturated rings. The van der Waals surface area contributed by atoms with Gasteiger partial charge >= 0.3 is 0 Å². The van der Waals surface area contributed by atoms with E-state index in [2.05, 4.69) is 5.32 Å². The molecule has 3 nitrogen and oxygen atoms in total. The van der Waals surface area contributed by atoms with Crippen LogP contribution < -0.4 is 5.32 Å². The maximum Gasteiger partial charge on any atom is 0.244 e. The molecule has 1 amide bonds. The van der Waals surface area contributed by atoms with Gasteiger partial charge in [0.05, 0.1) is 5.60 Å². The third-order valence-corrected chi connectivity index (χ3v) is 3.28. The molecule has 1 aromatic carbocycles. The molecule has 0 atom stereocenters. The van der Waals surface area contributed by atoms with Crippen LogP contribution in [-0.2, 0) is 4.79 Å². The number of aliphatic hydroxyl groups is 1. The first-order chi connectivity index (χ1) is 9.00. The number of amides is 1. The summed E-state index contributed by atoms with van der Waals surface area (Å²) in [6.45, 7) is 0.163. The fourth-order valence-corrected chi connectivity index (χ4v) is 1.90. The largest absolute Gasteiger partial charge is 0.388 e. The molecule has 0 saturated heterocycles. The molecule has 102 valence electrons. The van der Waals surface area contributed by atoms with Crippen molar-refractivity contribution >= 4 is 12.0 Å². The zero-order valence-corrected chi connectivity index (χ0v) is 10.3. The number of halogens is 2. The molecule has 2 N–H and O–H groups in total. The van der Waals surface area contributed by atoms with Crippen molar-refractivity contribution in [2.45, 2.75) is 24.9 Å². The minimum atomic E-state index is -0.813. The number of benzene rings is 1. The normalized spacial score (nSPS) is 17.2. The third-order valence-electron chi connectivity index (χ3n) is 3.28. The predicted molar refractivity (Wildman–Crippen MR) is 67.2 cm³/mol. The van der Waals surface area contributed by atoms with Crippen LogP contribution in [0.1, 0.15) is 24.8 Å². The van der Waals surface area contributed by atoms with Gasteiger partial charge in [-0.1, -0.05) is 6.07 Å². The van der Waals surface area contributed by atoms with Crippen LogP contribution in [0.4, 0.5) is 8.78 Å². The second-order valence-corrected chi connectivity index (χ2v) is 4.76. The highest BCUT2D eigenvalue weighted by atomic mass is 19.1. The van der Waals surface area contributed by atoms with E-state index in [1.165, 1.54) is 6.07 Å². The Morgan fingerprint density at radius 2 is 2.00 bits per heavy atom. The van der Waals surface area contributed by atoms with E-state index in [0.717, 1.165) is 30.7 Å². The molecule has 0 bridgehead atoms. The monoisotopic (exact) mass is 267 g/mol. The van der Waals surface area contributed by atoms with E-state index in [1.807, 2.05) is 0 Å². The molecule has 0 radical (unpaired) electrons. The molecule has 1 aromatic rings. The molecule has 0 unspecified atom stereocenters. The van der Waals surface area contributed by atoms with E-state index in [-0.39, 0.29) is 12.1 Å². The van der Waals surface area contributed by atoms with Gasteiger partial charge < -0.3 is 10.4 Å². The number of carbonyl (C=O) groups excluding carboxylic acids is 1. The molecule has 0 aliphatic heterocycles. The minimum Gasteiger partial charge on any atom is -0.388 e. The SMILES string of the molecule is O=C(C=Cc1c(F)cccc1F)NCC1(O)CCC1. The topological polar surface area (TPSA) is 49.3 Å². The Morgan fingerprint density at radius 1 is 1.37 bits per heavy atom. The Morgan fingerprint density at radius 3 is 2.53 bits per heavy atom. The first-order valence-corrected chi connectivity index (χ1v) is 6.12. The maximum absolute atomic E-state index is 13.3. The molecule has 0 heterocycles. The van der Waals surface area contributed by atoms with Crippen molar-refractivity contribution in [3.63, 3.8) is 0 Å². The van der Waals surface area contributed by atoms with Crippen LogP contribution in [0.25, 0.3) is 6.08 Å². The van der Waals surface area contributed by atoms with Crippen LogP contribution in [0.2, 0.25) is 0 Å². The Bertz CT molecular complexity index is 490. The van der Waals surface area contributed by atoms with Crippen LogP contribution in [0.3, 0.4) is 0 Å². The Balaban J connectivity index is 1.93. The molecular weight excluding hydrogens is 252 g/mol. The molecule has 0 spiro atoms. The zero-order chi connectivity index (χ0) is 13.9. The average molecular weight is 267 g/mol. The summed E-state index contributed by atoms with van der Waals surface area (Å²) in [5.41, 5.74) is -1.06. The Kier molecular flexibility index (Phi) is 3.95. The zero-order valence-electron chi connectivity index (χ0n) is 10.3. The average Bonchev–Trinajstić information content (AvgIpc) is 2.33. The first-order valence-electron chi connectivity index (χ1n) is 6.12. The number of carbonyl (C=O) groups is 1. The lowest BCUT2D eigenvalue weighted by atomic mass is 9.80. The van der Waals surface area contributed by atoms with Gasteiger partial charge in [-0.05, 0) is 37.5 Å². The molecule has 1 aliphatic rings. The van der Waals surface area contributed by atoms with E-state index < -0.39 is 23.1 Å². The van der Waals surface area contributed by atoms with Gasteiger partial charge in [0.15, 0.2) is 0 Å². The van der Waals surface area contributed by atoms with Crippen molar-refractivity contribution in [2.24, 2.45) is 0 Å². The van der Waals surface area contributed by atoms with Crippen LogP contribution in [-0.4, -0.2) is 23.2 Å². The van der Waals surface area contributed by atoms with Crippen LogP contribution in [0, 0.1) is 11.6 Å². The summed E-state index contributed by atoms with van der Waals surface area (Å²) in [5, 5.41) is 12.3. The van der Waals surface area contributed by atoms with Crippen LogP contribution >= 0.6 is 0 Å². The van der Waals surface area contributed by atoms with Gasteiger partial charge in [0.1, 0.15) is 11.6 Å². The van der Waals surface area contributed by atoms with E-state index in [0.29, 0.717) is 12.8 Å². The summed E-state index contributed by atoms with van der Waals surface area (Å²) < 4.78 is 26.6. The van der Waals surface area contributed by atoms with Crippen molar-refractivity contribution in [3.8, 4) is 0 Å². The van der Waals surface area contributed by atoms with E-state index in [4.69, 9.17) is 0 Å². The second kappa shape index (κ2) is 5.48. The third kappa shape index (κ3) is 3.38. The van der Waals surface area contributed by atoms with Crippen molar-refractivity contribution < 1.29 is 18.7 Å². The summed E-state index contributed by atoms with van der Waals surface area (Å²) in [7, 11) is 0. The number of hydrogen-bond acceptors (Lipinski definition) is 2. The van der Waals surface area contributed by atoms with Gasteiger partial charge in [-0.2, -0.15) is 0 Å². The standard InChI is InChI=1S/C14H15F2NO2/c15-11-3-1-4-12(16)10(11)5-6-13(18)17-9-14(19)7-2-8-14/h1,3-6,19H,2,7-9H2,(H,17,18). The molecule has 1 saturated carbocycles. The summed E-state index contributed by atoms with van der Waals surface area (Å²) in [4.78, 5) is 11.5. The molecular formula is C14H15F2NO2. The molecule has 19 heavy (non-hydrogen) atoms. The number of hydrogen-bond donors (Lipinski definition) is 2. The Hall–Kier alpha value is -1.75. The van der Waals surface area contributed by atoms with Crippen LogP contribution in [0.5, 0.6) is 0 Å². The molecule has 1 aliphatic carbocycles. The van der Waals surface area contributed by atoms with Gasteiger partial charge in [-0.3, -0.25) is 4.79 Å². The highest BCUT2D eigenvalue weighted by Crippen LogP contribution is 2.30. The van der Waals surface area contributed by atoms with E-state index in [1.54, 1.807) is 0 Å². The molecule has 0 aromatic heterocycles. The van der Waals surface area contributed by atoms with Crippen LogP contribution in [0.15, 0.2) is 24.3 Å². The second-order valence-electron chi connectivity index (χ2n) is 4.76. The maximum atomic E-state index is 13.3. The summed E-state index contributed by atoms with van der Waals surface area (Å²) in [6, 6.07) is 3.50. The van der Waals surface area contributed by atoms with Crippen molar-refractivity contribution in [3.05, 3.63) is 41.5 Å². The number of nitrogens with one attached hydrogen (secondary N) is 1. The van der Waals surface area contributed by atoms with E-state index in [9.17, 15) is 18.7 Å². The molecule has 2 rings (SSSR count). The summed E-state index contributed by atoms with van der Waals surface area (Å²) >= 11 is 0. The van der Waals surface area contributed by atoms with Crippen molar-refractivity contribution in [1.82, 2.24) is 5.32 Å².